The largest absolute Gasteiger partial charge is 0.416 e. The molecule has 0 spiro atoms. The lowest BCUT2D eigenvalue weighted by atomic mass is 9.85. The van der Waals surface area contributed by atoms with Gasteiger partial charge in [0.05, 0.1) is 12.0 Å². The van der Waals surface area contributed by atoms with E-state index in [9.17, 15) is 18.0 Å². The van der Waals surface area contributed by atoms with E-state index in [1.165, 1.54) is 31.4 Å². The van der Waals surface area contributed by atoms with Crippen molar-refractivity contribution in [3.8, 4) is 0 Å². The second kappa shape index (κ2) is 7.13. The lowest BCUT2D eigenvalue weighted by Crippen LogP contribution is -2.50. The Kier molecular flexibility index (Phi) is 5.13. The summed E-state index contributed by atoms with van der Waals surface area (Å²) in [4.78, 5) is 16.6. The highest BCUT2D eigenvalue weighted by molar-refractivity contribution is 5.78. The van der Waals surface area contributed by atoms with Crippen molar-refractivity contribution >= 4 is 5.91 Å². The summed E-state index contributed by atoms with van der Waals surface area (Å²) in [5, 5.41) is 0. The van der Waals surface area contributed by atoms with E-state index in [0.717, 1.165) is 37.7 Å². The van der Waals surface area contributed by atoms with E-state index >= 15 is 0 Å². The SMILES string of the molecule is O=C(Cc1ccc(C(F)(F)F)cc1)N1CCN(CC2CCC2)CC1. The molecule has 3 rings (SSSR count). The van der Waals surface area contributed by atoms with Crippen molar-refractivity contribution in [3.05, 3.63) is 35.4 Å². The van der Waals surface area contributed by atoms with Gasteiger partial charge < -0.3 is 4.90 Å². The average molecular weight is 340 g/mol. The minimum Gasteiger partial charge on any atom is -0.340 e. The van der Waals surface area contributed by atoms with Gasteiger partial charge in [-0.3, -0.25) is 9.69 Å². The van der Waals surface area contributed by atoms with Crippen LogP contribution in [0.2, 0.25) is 0 Å². The summed E-state index contributed by atoms with van der Waals surface area (Å²) in [7, 11) is 0. The molecule has 132 valence electrons. The molecule has 2 aliphatic rings. The van der Waals surface area contributed by atoms with Gasteiger partial charge in [0.1, 0.15) is 0 Å². The maximum atomic E-state index is 12.5. The Bertz CT molecular complexity index is 559. The predicted octanol–water partition coefficient (Wildman–Crippen LogP) is 3.19. The Morgan fingerprint density at radius 2 is 1.67 bits per heavy atom. The number of hydrogen-bond donors (Lipinski definition) is 0. The molecule has 0 radical (unpaired) electrons. The van der Waals surface area contributed by atoms with Crippen LogP contribution in [0.4, 0.5) is 13.2 Å². The summed E-state index contributed by atoms with van der Waals surface area (Å²) in [6, 6.07) is 4.87. The van der Waals surface area contributed by atoms with Crippen molar-refractivity contribution in [2.24, 2.45) is 5.92 Å². The Balaban J connectivity index is 1.47. The first-order chi connectivity index (χ1) is 11.4. The van der Waals surface area contributed by atoms with Crippen LogP contribution < -0.4 is 0 Å². The zero-order valence-electron chi connectivity index (χ0n) is 13.7. The fraction of sp³-hybridized carbons (Fsp3) is 0.611. The van der Waals surface area contributed by atoms with E-state index in [0.29, 0.717) is 18.7 Å². The van der Waals surface area contributed by atoms with E-state index in [-0.39, 0.29) is 12.3 Å². The van der Waals surface area contributed by atoms with Crippen LogP contribution in [0.1, 0.15) is 30.4 Å². The standard InChI is InChI=1S/C18H23F3N2O/c19-18(20,21)16-6-4-14(5-7-16)12-17(24)23-10-8-22(9-11-23)13-15-2-1-3-15/h4-7,15H,1-3,8-13H2. The van der Waals surface area contributed by atoms with Crippen molar-refractivity contribution in [1.29, 1.82) is 0 Å². The molecular weight excluding hydrogens is 317 g/mol. The molecule has 0 N–H and O–H groups in total. The van der Waals surface area contributed by atoms with Crippen LogP contribution in [-0.4, -0.2) is 48.4 Å². The summed E-state index contributed by atoms with van der Waals surface area (Å²) in [6.45, 7) is 4.36. The van der Waals surface area contributed by atoms with E-state index in [4.69, 9.17) is 0 Å². The fourth-order valence-corrected chi connectivity index (χ4v) is 3.32. The van der Waals surface area contributed by atoms with Crippen LogP contribution in [0.15, 0.2) is 24.3 Å². The third-order valence-corrected chi connectivity index (χ3v) is 5.10. The lowest BCUT2D eigenvalue weighted by molar-refractivity contribution is -0.137. The molecule has 1 heterocycles. The molecule has 1 aliphatic carbocycles. The number of amides is 1. The summed E-state index contributed by atoms with van der Waals surface area (Å²) in [5.41, 5.74) is -0.0480. The Morgan fingerprint density at radius 3 is 2.17 bits per heavy atom. The van der Waals surface area contributed by atoms with Gasteiger partial charge >= 0.3 is 6.18 Å². The second-order valence-electron chi connectivity index (χ2n) is 6.85. The van der Waals surface area contributed by atoms with Gasteiger partial charge in [-0.15, -0.1) is 0 Å². The molecule has 0 unspecified atom stereocenters. The molecule has 0 atom stereocenters. The van der Waals surface area contributed by atoms with Gasteiger partial charge in [-0.2, -0.15) is 13.2 Å². The third-order valence-electron chi connectivity index (χ3n) is 5.10. The molecular formula is C18H23F3N2O. The van der Waals surface area contributed by atoms with Gasteiger partial charge in [0.2, 0.25) is 5.91 Å². The minimum atomic E-state index is -4.33. The van der Waals surface area contributed by atoms with Crippen molar-refractivity contribution in [2.75, 3.05) is 32.7 Å². The smallest absolute Gasteiger partial charge is 0.340 e. The number of piperazine rings is 1. The number of benzene rings is 1. The quantitative estimate of drug-likeness (QED) is 0.840. The zero-order valence-corrected chi connectivity index (χ0v) is 13.7. The van der Waals surface area contributed by atoms with Gasteiger partial charge in [0, 0.05) is 32.7 Å². The second-order valence-corrected chi connectivity index (χ2v) is 6.85. The Morgan fingerprint density at radius 1 is 1.04 bits per heavy atom. The van der Waals surface area contributed by atoms with E-state index in [1.54, 1.807) is 0 Å². The van der Waals surface area contributed by atoms with Gasteiger partial charge in [-0.25, -0.2) is 0 Å². The number of rotatable bonds is 4. The summed E-state index contributed by atoms with van der Waals surface area (Å²) < 4.78 is 37.6. The fourth-order valence-electron chi connectivity index (χ4n) is 3.32. The van der Waals surface area contributed by atoms with Crippen LogP contribution in [0.25, 0.3) is 0 Å². The number of nitrogens with zero attached hydrogens (tertiary/aromatic N) is 2. The first kappa shape index (κ1) is 17.3. The normalized spacial score (nSPS) is 20.0. The summed E-state index contributed by atoms with van der Waals surface area (Å²) in [6.07, 6.45) is -0.170. The van der Waals surface area contributed by atoms with Crippen LogP contribution >= 0.6 is 0 Å². The van der Waals surface area contributed by atoms with Crippen LogP contribution in [0.3, 0.4) is 0 Å². The van der Waals surface area contributed by atoms with E-state index in [2.05, 4.69) is 4.90 Å². The van der Waals surface area contributed by atoms with Crippen molar-refractivity contribution in [3.63, 3.8) is 0 Å². The van der Waals surface area contributed by atoms with Crippen molar-refractivity contribution in [1.82, 2.24) is 9.80 Å². The molecule has 6 heteroatoms. The minimum absolute atomic E-state index is 0.00180. The van der Waals surface area contributed by atoms with Gasteiger partial charge in [0.25, 0.3) is 0 Å². The van der Waals surface area contributed by atoms with Crippen LogP contribution in [-0.2, 0) is 17.4 Å². The first-order valence-corrected chi connectivity index (χ1v) is 8.58. The maximum Gasteiger partial charge on any atom is 0.416 e. The number of carbonyl (C=O) groups is 1. The molecule has 1 aromatic rings. The Labute approximate surface area is 140 Å². The topological polar surface area (TPSA) is 23.6 Å². The van der Waals surface area contributed by atoms with Crippen LogP contribution in [0, 0.1) is 5.92 Å². The monoisotopic (exact) mass is 340 g/mol. The van der Waals surface area contributed by atoms with Gasteiger partial charge in [0.15, 0.2) is 0 Å². The maximum absolute atomic E-state index is 12.5. The van der Waals surface area contributed by atoms with Crippen molar-refractivity contribution < 1.29 is 18.0 Å². The molecule has 1 aromatic carbocycles. The summed E-state index contributed by atoms with van der Waals surface area (Å²) in [5.74, 6) is 0.831. The van der Waals surface area contributed by atoms with Crippen LogP contribution in [0.5, 0.6) is 0 Å². The third kappa shape index (κ3) is 4.29. The van der Waals surface area contributed by atoms with Gasteiger partial charge in [-0.1, -0.05) is 18.6 Å². The number of alkyl halides is 3. The number of hydrogen-bond acceptors (Lipinski definition) is 2. The summed E-state index contributed by atoms with van der Waals surface area (Å²) >= 11 is 0. The molecule has 1 saturated carbocycles. The number of halogens is 3. The first-order valence-electron chi connectivity index (χ1n) is 8.58. The molecule has 24 heavy (non-hydrogen) atoms. The molecule has 2 fully saturated rings. The number of carbonyl (C=O) groups excluding carboxylic acids is 1. The highest BCUT2D eigenvalue weighted by Gasteiger charge is 2.30. The molecule has 3 nitrogen and oxygen atoms in total. The van der Waals surface area contributed by atoms with E-state index < -0.39 is 11.7 Å². The molecule has 1 saturated heterocycles. The molecule has 0 aromatic heterocycles. The molecule has 1 aliphatic heterocycles. The molecule has 0 bridgehead atoms. The highest BCUT2D eigenvalue weighted by Crippen LogP contribution is 2.29. The lowest BCUT2D eigenvalue weighted by Gasteiger charge is -2.38. The Hall–Kier alpha value is -1.56. The predicted molar refractivity (Wildman–Crippen MR) is 85.5 cm³/mol. The molecule has 1 amide bonds. The van der Waals surface area contributed by atoms with E-state index in [1.807, 2.05) is 4.90 Å². The average Bonchev–Trinajstić information content (AvgIpc) is 2.51. The van der Waals surface area contributed by atoms with Crippen molar-refractivity contribution in [2.45, 2.75) is 31.9 Å². The zero-order chi connectivity index (χ0) is 17.2. The highest BCUT2D eigenvalue weighted by atomic mass is 19.4. The van der Waals surface area contributed by atoms with Gasteiger partial charge in [-0.05, 0) is 36.5 Å².